The second-order valence-corrected chi connectivity index (χ2v) is 10.9. The fraction of sp³-hybridized carbons (Fsp3) is 0.393. The minimum absolute atomic E-state index is 0.0881. The average Bonchev–Trinajstić information content (AvgIpc) is 3.34. The van der Waals surface area contributed by atoms with Crippen LogP contribution in [0.4, 0.5) is 0 Å². The van der Waals surface area contributed by atoms with Gasteiger partial charge < -0.3 is 10.0 Å². The van der Waals surface area contributed by atoms with Crippen LogP contribution in [0.25, 0.3) is 0 Å². The number of pyridine rings is 1. The summed E-state index contributed by atoms with van der Waals surface area (Å²) in [4.78, 5) is 7.16. The van der Waals surface area contributed by atoms with E-state index >= 15 is 0 Å². The molecule has 2 aliphatic carbocycles. The van der Waals surface area contributed by atoms with Crippen molar-refractivity contribution in [3.63, 3.8) is 0 Å². The van der Waals surface area contributed by atoms with Crippen LogP contribution in [0.2, 0.25) is 0 Å². The maximum Gasteiger partial charge on any atom is 0.102 e. The molecule has 2 aromatic carbocycles. The Kier molecular flexibility index (Phi) is 4.94. The second kappa shape index (κ2) is 7.72. The first kappa shape index (κ1) is 20.5. The lowest BCUT2D eigenvalue weighted by molar-refractivity contribution is -0.0313. The predicted molar refractivity (Wildman–Crippen MR) is 130 cm³/mol. The first-order valence-corrected chi connectivity index (χ1v) is 12.8. The molecule has 0 atom stereocenters. The van der Waals surface area contributed by atoms with Gasteiger partial charge in [0, 0.05) is 42.7 Å². The van der Waals surface area contributed by atoms with Gasteiger partial charge in [-0.05, 0) is 53.3 Å². The number of nitrogens with zero attached hydrogens (tertiary/aromatic N) is 2. The molecule has 3 nitrogen and oxygen atoms in total. The molecular weight excluding hydrogens is 412 g/mol. The van der Waals surface area contributed by atoms with Gasteiger partial charge in [0.1, 0.15) is 5.03 Å². The molecular formula is C28H30N2OS. The Labute approximate surface area is 194 Å². The van der Waals surface area contributed by atoms with E-state index in [1.807, 2.05) is 12.3 Å². The Balaban J connectivity index is 1.27. The van der Waals surface area contributed by atoms with E-state index in [4.69, 9.17) is 0 Å². The van der Waals surface area contributed by atoms with Gasteiger partial charge in [-0.25, -0.2) is 4.98 Å². The van der Waals surface area contributed by atoms with Gasteiger partial charge in [-0.15, -0.1) is 11.8 Å². The molecule has 1 aromatic heterocycles. The summed E-state index contributed by atoms with van der Waals surface area (Å²) in [5.41, 5.74) is 6.43. The van der Waals surface area contributed by atoms with Gasteiger partial charge >= 0.3 is 0 Å². The van der Waals surface area contributed by atoms with Gasteiger partial charge in [0.15, 0.2) is 0 Å². The van der Waals surface area contributed by atoms with Crippen LogP contribution in [0.3, 0.4) is 0 Å². The number of fused-ring (bicyclic) bond motifs is 8. The maximum atomic E-state index is 11.6. The second-order valence-electron chi connectivity index (χ2n) is 9.61. The van der Waals surface area contributed by atoms with Gasteiger partial charge in [-0.2, -0.15) is 0 Å². The summed E-state index contributed by atoms with van der Waals surface area (Å²) in [6.45, 7) is 5.01. The molecule has 6 rings (SSSR count). The van der Waals surface area contributed by atoms with Crippen LogP contribution in [0.1, 0.15) is 59.9 Å². The van der Waals surface area contributed by atoms with Gasteiger partial charge in [0.25, 0.3) is 0 Å². The molecule has 1 aliphatic heterocycles. The average molecular weight is 443 g/mol. The zero-order valence-corrected chi connectivity index (χ0v) is 19.4. The lowest BCUT2D eigenvalue weighted by Crippen LogP contribution is -2.48. The van der Waals surface area contributed by atoms with Crippen molar-refractivity contribution in [1.82, 2.24) is 9.88 Å². The van der Waals surface area contributed by atoms with Crippen molar-refractivity contribution in [2.24, 2.45) is 0 Å². The van der Waals surface area contributed by atoms with Crippen LogP contribution in [0.15, 0.2) is 71.9 Å². The molecule has 32 heavy (non-hydrogen) atoms. The minimum Gasteiger partial charge on any atom is -0.385 e. The molecule has 3 aliphatic rings. The van der Waals surface area contributed by atoms with E-state index in [0.29, 0.717) is 5.92 Å². The fourth-order valence-corrected chi connectivity index (χ4v) is 7.36. The van der Waals surface area contributed by atoms with E-state index < -0.39 is 5.60 Å². The summed E-state index contributed by atoms with van der Waals surface area (Å²) in [5.74, 6) is 1.50. The van der Waals surface area contributed by atoms with Crippen molar-refractivity contribution in [3.05, 3.63) is 94.7 Å². The van der Waals surface area contributed by atoms with Crippen molar-refractivity contribution < 1.29 is 5.11 Å². The van der Waals surface area contributed by atoms with E-state index in [9.17, 15) is 5.11 Å². The quantitative estimate of drug-likeness (QED) is 0.543. The molecule has 3 aromatic rings. The summed E-state index contributed by atoms with van der Waals surface area (Å²) in [6, 6.07) is 22.2. The molecule has 0 radical (unpaired) electrons. The van der Waals surface area contributed by atoms with Crippen LogP contribution >= 0.6 is 11.8 Å². The topological polar surface area (TPSA) is 36.4 Å². The Morgan fingerprint density at radius 2 is 1.56 bits per heavy atom. The third-order valence-corrected chi connectivity index (χ3v) is 8.87. The van der Waals surface area contributed by atoms with Gasteiger partial charge in [-0.1, -0.05) is 61.5 Å². The molecule has 0 unspecified atom stereocenters. The lowest BCUT2D eigenvalue weighted by atomic mass is 9.74. The number of benzene rings is 2. The normalized spacial score (nSPS) is 25.5. The fourth-order valence-electron chi connectivity index (χ4n) is 6.54. The van der Waals surface area contributed by atoms with E-state index in [2.05, 4.69) is 71.4 Å². The highest BCUT2D eigenvalue weighted by Gasteiger charge is 2.53. The molecule has 1 N–H and O–H groups in total. The molecule has 1 fully saturated rings. The number of aromatic nitrogens is 1. The third kappa shape index (κ3) is 3.00. The number of hydrogen-bond donors (Lipinski definition) is 1. The zero-order valence-electron chi connectivity index (χ0n) is 18.6. The van der Waals surface area contributed by atoms with Crippen LogP contribution in [0, 0.1) is 0 Å². The van der Waals surface area contributed by atoms with E-state index in [-0.39, 0.29) is 5.41 Å². The molecule has 0 spiro atoms. The largest absolute Gasteiger partial charge is 0.385 e. The number of rotatable bonds is 5. The molecule has 1 saturated heterocycles. The highest BCUT2D eigenvalue weighted by Crippen LogP contribution is 2.60. The number of aliphatic hydroxyl groups is 1. The van der Waals surface area contributed by atoms with E-state index in [1.54, 1.807) is 11.8 Å². The number of hydrogen-bond acceptors (Lipinski definition) is 4. The van der Waals surface area contributed by atoms with Gasteiger partial charge in [0.2, 0.25) is 0 Å². The molecule has 164 valence electrons. The molecule has 2 heterocycles. The first-order valence-electron chi connectivity index (χ1n) is 11.9. The summed E-state index contributed by atoms with van der Waals surface area (Å²) in [7, 11) is 0. The summed E-state index contributed by atoms with van der Waals surface area (Å²) in [5, 5.41) is 12.6. The summed E-state index contributed by atoms with van der Waals surface area (Å²) < 4.78 is 0. The van der Waals surface area contributed by atoms with E-state index in [1.165, 1.54) is 28.7 Å². The third-order valence-electron chi connectivity index (χ3n) is 7.99. The number of thioether (sulfide) groups is 1. The van der Waals surface area contributed by atoms with E-state index in [0.717, 1.165) is 48.8 Å². The van der Waals surface area contributed by atoms with Crippen molar-refractivity contribution in [3.8, 4) is 0 Å². The summed E-state index contributed by atoms with van der Waals surface area (Å²) >= 11 is 1.73. The molecule has 2 bridgehead atoms. The monoisotopic (exact) mass is 442 g/mol. The Hall–Kier alpha value is -2.14. The Morgan fingerprint density at radius 3 is 2.22 bits per heavy atom. The maximum absolute atomic E-state index is 11.6. The zero-order chi connectivity index (χ0) is 21.8. The highest BCUT2D eigenvalue weighted by atomic mass is 32.2. The molecule has 0 amide bonds. The number of likely N-dealkylation sites (tertiary alicyclic amines) is 1. The smallest absolute Gasteiger partial charge is 0.102 e. The predicted octanol–water partition coefficient (Wildman–Crippen LogP) is 5.31. The minimum atomic E-state index is -0.774. The molecule has 4 heteroatoms. The van der Waals surface area contributed by atoms with Crippen molar-refractivity contribution >= 4 is 11.8 Å². The van der Waals surface area contributed by atoms with Crippen LogP contribution in [0.5, 0.6) is 0 Å². The van der Waals surface area contributed by atoms with Gasteiger partial charge in [0.05, 0.1) is 5.60 Å². The van der Waals surface area contributed by atoms with Crippen molar-refractivity contribution in [2.45, 2.75) is 48.1 Å². The van der Waals surface area contributed by atoms with Crippen molar-refractivity contribution in [1.29, 1.82) is 0 Å². The van der Waals surface area contributed by atoms with Crippen LogP contribution < -0.4 is 0 Å². The summed E-state index contributed by atoms with van der Waals surface area (Å²) in [6.07, 6.45) is 4.55. The molecule has 0 saturated carbocycles. The number of piperidine rings is 1. The van der Waals surface area contributed by atoms with Crippen LogP contribution in [-0.2, 0) is 11.0 Å². The Bertz CT molecular complexity index is 1100. The van der Waals surface area contributed by atoms with Crippen LogP contribution in [-0.4, -0.2) is 40.4 Å². The highest BCUT2D eigenvalue weighted by molar-refractivity contribution is 7.99. The lowest BCUT2D eigenvalue weighted by Gasteiger charge is -2.43. The Morgan fingerprint density at radius 1 is 0.938 bits per heavy atom. The SMILES string of the molecule is CCSc1ncccc1C1(O)CCN(CC23CC(c4ccccc42)c2ccccc23)CC1. The van der Waals surface area contributed by atoms with Gasteiger partial charge in [-0.3, -0.25) is 0 Å². The standard InChI is InChI=1S/C28H30N2OS/c1-2-32-26-25(12-7-15-29-26)28(31)13-16-30(17-14-28)19-27-18-22(20-8-3-5-10-23(20)27)21-9-4-6-11-24(21)27/h3-12,15,22,31H,2,13-14,16-19H2,1H3. The van der Waals surface area contributed by atoms with Crippen molar-refractivity contribution in [2.75, 3.05) is 25.4 Å². The first-order chi connectivity index (χ1) is 15.6.